The first-order chi connectivity index (χ1) is 15.3. The molecule has 1 aliphatic heterocycles. The predicted octanol–water partition coefficient (Wildman–Crippen LogP) is 4.18. The first-order valence-electron chi connectivity index (χ1n) is 10.4. The maximum absolute atomic E-state index is 12.5. The van der Waals surface area contributed by atoms with Crippen LogP contribution in [0, 0.1) is 20.8 Å². The smallest absolute Gasteiger partial charge is 0.339 e. The number of morpholine rings is 1. The van der Waals surface area contributed by atoms with E-state index in [1.54, 1.807) is 36.4 Å². The molecule has 0 aliphatic carbocycles. The number of benzene rings is 2. The second-order valence-corrected chi connectivity index (χ2v) is 9.80. The minimum Gasteiger partial charge on any atom is -0.379 e. The molecule has 32 heavy (non-hydrogen) atoms. The number of hydrogen-bond donors (Lipinski definition) is 0. The SMILES string of the molecule is Cc1ccc(S(=O)(=O)Oc2ccc(-n3c(C)cc(C(=S)N4CCOCC4)c3C)cc2)cc1. The predicted molar refractivity (Wildman–Crippen MR) is 128 cm³/mol. The van der Waals surface area contributed by atoms with Crippen LogP contribution < -0.4 is 4.18 Å². The maximum atomic E-state index is 12.5. The second kappa shape index (κ2) is 9.05. The Morgan fingerprint density at radius 2 is 1.59 bits per heavy atom. The number of nitrogens with zero attached hydrogens (tertiary/aromatic N) is 2. The fourth-order valence-corrected chi connectivity index (χ4v) is 5.16. The molecule has 0 bridgehead atoms. The standard InChI is InChI=1S/C24H26N2O4S2/c1-17-4-10-22(11-5-17)32(27,28)30-21-8-6-20(7-9-21)26-18(2)16-23(19(26)3)24(31)25-12-14-29-15-13-25/h4-11,16H,12-15H2,1-3H3. The van der Waals surface area contributed by atoms with Crippen molar-refractivity contribution >= 4 is 27.3 Å². The third-order valence-corrected chi connectivity index (χ3v) is 7.31. The quantitative estimate of drug-likeness (QED) is 0.412. The normalized spacial score (nSPS) is 14.4. The molecule has 8 heteroatoms. The summed E-state index contributed by atoms with van der Waals surface area (Å²) in [5, 5.41) is 0. The molecule has 0 amide bonds. The molecule has 6 nitrogen and oxygen atoms in total. The summed E-state index contributed by atoms with van der Waals surface area (Å²) in [6.45, 7) is 8.94. The van der Waals surface area contributed by atoms with Crippen LogP contribution in [-0.4, -0.2) is 49.2 Å². The van der Waals surface area contributed by atoms with Gasteiger partial charge in [-0.05, 0) is 63.2 Å². The summed E-state index contributed by atoms with van der Waals surface area (Å²) < 4.78 is 38.0. The van der Waals surface area contributed by atoms with Crippen molar-refractivity contribution in [1.82, 2.24) is 9.47 Å². The van der Waals surface area contributed by atoms with Crippen molar-refractivity contribution in [1.29, 1.82) is 0 Å². The van der Waals surface area contributed by atoms with Crippen LogP contribution in [0.4, 0.5) is 0 Å². The van der Waals surface area contributed by atoms with Crippen molar-refractivity contribution < 1.29 is 17.3 Å². The van der Waals surface area contributed by atoms with Gasteiger partial charge < -0.3 is 18.4 Å². The van der Waals surface area contributed by atoms with E-state index in [0.29, 0.717) is 13.2 Å². The molecule has 1 fully saturated rings. The van der Waals surface area contributed by atoms with Gasteiger partial charge in [-0.2, -0.15) is 8.42 Å². The number of aryl methyl sites for hydroxylation is 2. The van der Waals surface area contributed by atoms with Gasteiger partial charge in [0.15, 0.2) is 0 Å². The molecule has 0 radical (unpaired) electrons. The van der Waals surface area contributed by atoms with E-state index >= 15 is 0 Å². The van der Waals surface area contributed by atoms with E-state index in [1.165, 1.54) is 0 Å². The molecular weight excluding hydrogens is 444 g/mol. The highest BCUT2D eigenvalue weighted by Crippen LogP contribution is 2.26. The number of thiocarbonyl (C=S) groups is 1. The number of ether oxygens (including phenoxy) is 1. The van der Waals surface area contributed by atoms with E-state index in [9.17, 15) is 8.42 Å². The lowest BCUT2D eigenvalue weighted by Gasteiger charge is -2.29. The van der Waals surface area contributed by atoms with Gasteiger partial charge in [0.05, 0.1) is 13.2 Å². The third-order valence-electron chi connectivity index (χ3n) is 5.57. The van der Waals surface area contributed by atoms with Gasteiger partial charge in [0.2, 0.25) is 0 Å². The fourth-order valence-electron chi connectivity index (χ4n) is 3.84. The lowest BCUT2D eigenvalue weighted by Crippen LogP contribution is -2.40. The van der Waals surface area contributed by atoms with Crippen LogP contribution in [0.2, 0.25) is 0 Å². The zero-order chi connectivity index (χ0) is 22.9. The Labute approximate surface area is 194 Å². The van der Waals surface area contributed by atoms with Gasteiger partial charge in [-0.25, -0.2) is 0 Å². The van der Waals surface area contributed by atoms with Crippen LogP contribution in [0.3, 0.4) is 0 Å². The average molecular weight is 471 g/mol. The van der Waals surface area contributed by atoms with Gasteiger partial charge in [0, 0.05) is 35.7 Å². The Kier molecular flexibility index (Phi) is 6.37. The minimum absolute atomic E-state index is 0.130. The van der Waals surface area contributed by atoms with Crippen molar-refractivity contribution in [3.63, 3.8) is 0 Å². The van der Waals surface area contributed by atoms with Gasteiger partial charge in [0.1, 0.15) is 15.6 Å². The molecule has 0 unspecified atom stereocenters. The van der Waals surface area contributed by atoms with Crippen molar-refractivity contribution in [2.45, 2.75) is 25.7 Å². The summed E-state index contributed by atoms with van der Waals surface area (Å²) in [5.41, 5.74) is 5.02. The highest BCUT2D eigenvalue weighted by molar-refractivity contribution is 7.87. The molecule has 1 aliphatic rings. The van der Waals surface area contributed by atoms with E-state index in [2.05, 4.69) is 15.5 Å². The summed E-state index contributed by atoms with van der Waals surface area (Å²) in [4.78, 5) is 3.14. The molecule has 0 N–H and O–H groups in total. The largest absolute Gasteiger partial charge is 0.379 e. The van der Waals surface area contributed by atoms with E-state index in [4.69, 9.17) is 21.1 Å². The van der Waals surface area contributed by atoms with Crippen LogP contribution in [0.15, 0.2) is 59.5 Å². The zero-order valence-corrected chi connectivity index (χ0v) is 20.0. The van der Waals surface area contributed by atoms with E-state index < -0.39 is 10.1 Å². The van der Waals surface area contributed by atoms with Crippen molar-refractivity contribution in [2.24, 2.45) is 0 Å². The van der Waals surface area contributed by atoms with Crippen molar-refractivity contribution in [2.75, 3.05) is 26.3 Å². The molecule has 0 saturated carbocycles. The van der Waals surface area contributed by atoms with Gasteiger partial charge in [-0.1, -0.05) is 29.9 Å². The molecule has 0 atom stereocenters. The van der Waals surface area contributed by atoms with Crippen LogP contribution in [0.25, 0.3) is 5.69 Å². The summed E-state index contributed by atoms with van der Waals surface area (Å²) in [5.74, 6) is 0.265. The number of hydrogen-bond acceptors (Lipinski definition) is 5. The fraction of sp³-hybridized carbons (Fsp3) is 0.292. The Bertz CT molecular complexity index is 1220. The zero-order valence-electron chi connectivity index (χ0n) is 18.4. The minimum atomic E-state index is -3.88. The number of aromatic nitrogens is 1. The van der Waals surface area contributed by atoms with Gasteiger partial charge in [-0.3, -0.25) is 0 Å². The molecule has 0 spiro atoms. The summed E-state index contributed by atoms with van der Waals surface area (Å²) >= 11 is 5.76. The molecule has 168 valence electrons. The van der Waals surface area contributed by atoms with Crippen LogP contribution in [0.5, 0.6) is 5.75 Å². The molecule has 2 heterocycles. The van der Waals surface area contributed by atoms with E-state index in [1.807, 2.05) is 32.9 Å². The first-order valence-corrected chi connectivity index (χ1v) is 12.3. The average Bonchev–Trinajstić information content (AvgIpc) is 3.08. The summed E-state index contributed by atoms with van der Waals surface area (Å²) in [6, 6.07) is 15.7. The van der Waals surface area contributed by atoms with Crippen LogP contribution in [0.1, 0.15) is 22.5 Å². The topological polar surface area (TPSA) is 60.8 Å². The Hall–Kier alpha value is -2.68. The number of rotatable bonds is 5. The van der Waals surface area contributed by atoms with Crippen molar-refractivity contribution in [3.05, 3.63) is 77.1 Å². The second-order valence-electron chi connectivity index (χ2n) is 7.87. The molecule has 1 aromatic heterocycles. The van der Waals surface area contributed by atoms with Gasteiger partial charge >= 0.3 is 10.1 Å². The summed E-state index contributed by atoms with van der Waals surface area (Å²) in [6.07, 6.45) is 0. The Morgan fingerprint density at radius 3 is 2.22 bits per heavy atom. The Balaban J connectivity index is 1.56. The third kappa shape index (κ3) is 4.57. The maximum Gasteiger partial charge on any atom is 0.339 e. The lowest BCUT2D eigenvalue weighted by molar-refractivity contribution is 0.0692. The monoisotopic (exact) mass is 470 g/mol. The van der Waals surface area contributed by atoms with Gasteiger partial charge in [0.25, 0.3) is 0 Å². The first kappa shape index (κ1) is 22.5. The van der Waals surface area contributed by atoms with E-state index in [-0.39, 0.29) is 10.6 Å². The van der Waals surface area contributed by atoms with Crippen LogP contribution in [-0.2, 0) is 14.9 Å². The lowest BCUT2D eigenvalue weighted by atomic mass is 10.2. The van der Waals surface area contributed by atoms with Crippen molar-refractivity contribution in [3.8, 4) is 11.4 Å². The highest BCUT2D eigenvalue weighted by Gasteiger charge is 2.21. The highest BCUT2D eigenvalue weighted by atomic mass is 32.2. The molecule has 2 aromatic carbocycles. The van der Waals surface area contributed by atoms with Gasteiger partial charge in [-0.15, -0.1) is 0 Å². The van der Waals surface area contributed by atoms with E-state index in [0.717, 1.165) is 46.3 Å². The molecule has 4 rings (SSSR count). The van der Waals surface area contributed by atoms with Crippen LogP contribution >= 0.6 is 12.2 Å². The molecular formula is C24H26N2O4S2. The molecule has 1 saturated heterocycles. The Morgan fingerprint density at radius 1 is 0.969 bits per heavy atom. The molecule has 3 aromatic rings. The summed E-state index contributed by atoms with van der Waals surface area (Å²) in [7, 11) is -3.88.